The Balaban J connectivity index is 1.16. The molecular formula is C25H31FN8O6. The first-order valence-corrected chi connectivity index (χ1v) is 13.3. The van der Waals surface area contributed by atoms with E-state index in [9.17, 15) is 14.4 Å². The molecular weight excluding hydrogens is 527 g/mol. The second kappa shape index (κ2) is 11.8. The molecule has 2 atom stereocenters. The normalized spacial score (nSPS) is 21.2. The lowest BCUT2D eigenvalue weighted by atomic mass is 10.0. The fourth-order valence-corrected chi connectivity index (χ4v) is 5.08. The SMILES string of the molecule is CCOC(=O)c1cnnn1C1CCN(c2ccc(N3C[C@H](CN4CC(C(=O)OCC)N=N4)OC3=O)cc2F)CC1. The van der Waals surface area contributed by atoms with E-state index in [0.717, 1.165) is 0 Å². The highest BCUT2D eigenvalue weighted by atomic mass is 19.1. The van der Waals surface area contributed by atoms with Gasteiger partial charge in [-0.25, -0.2) is 23.5 Å². The first-order valence-electron chi connectivity index (χ1n) is 13.3. The van der Waals surface area contributed by atoms with E-state index in [4.69, 9.17) is 14.2 Å². The number of cyclic esters (lactones) is 1. The second-order valence-electron chi connectivity index (χ2n) is 9.60. The summed E-state index contributed by atoms with van der Waals surface area (Å²) >= 11 is 0. The fraction of sp³-hybridized carbons (Fsp3) is 0.560. The van der Waals surface area contributed by atoms with Gasteiger partial charge in [0.05, 0.1) is 56.5 Å². The number of aromatic nitrogens is 3. The maximum Gasteiger partial charge on any atom is 0.414 e. The topological polar surface area (TPSA) is 144 Å². The summed E-state index contributed by atoms with van der Waals surface area (Å²) in [6, 6.07) is 3.92. The van der Waals surface area contributed by atoms with Crippen molar-refractivity contribution in [3.63, 3.8) is 0 Å². The van der Waals surface area contributed by atoms with Crippen molar-refractivity contribution < 1.29 is 33.0 Å². The van der Waals surface area contributed by atoms with Crippen molar-refractivity contribution in [1.82, 2.24) is 20.0 Å². The average molecular weight is 559 g/mol. The van der Waals surface area contributed by atoms with Gasteiger partial charge in [-0.05, 0) is 44.9 Å². The molecule has 5 rings (SSSR count). The molecule has 1 amide bonds. The maximum atomic E-state index is 15.3. The number of carbonyl (C=O) groups is 3. The predicted octanol–water partition coefficient (Wildman–Crippen LogP) is 2.38. The van der Waals surface area contributed by atoms with Gasteiger partial charge in [0.1, 0.15) is 11.9 Å². The van der Waals surface area contributed by atoms with Crippen molar-refractivity contribution >= 4 is 29.4 Å². The molecule has 0 bridgehead atoms. The standard InChI is InChI=1S/C25H31FN8O6/c1-3-38-23(35)20-15-32(30-28-20)13-18-14-33(25(37)40-18)17-5-6-21(19(26)11-17)31-9-7-16(8-10-31)34-22(12-27-29-34)24(36)39-4-2/h5-6,11-12,16,18,20H,3-4,7-10,13-15H2,1-2H3/t18-,20?/m0/s1. The molecule has 2 saturated heterocycles. The summed E-state index contributed by atoms with van der Waals surface area (Å²) < 4.78 is 32.4. The van der Waals surface area contributed by atoms with E-state index < -0.39 is 36.0 Å². The van der Waals surface area contributed by atoms with Crippen LogP contribution in [0.25, 0.3) is 0 Å². The number of carbonyl (C=O) groups excluding carboxylic acids is 3. The Morgan fingerprint density at radius 1 is 1.12 bits per heavy atom. The lowest BCUT2D eigenvalue weighted by molar-refractivity contribution is -0.144. The van der Waals surface area contributed by atoms with Crippen LogP contribution in [0.15, 0.2) is 34.7 Å². The third-order valence-electron chi connectivity index (χ3n) is 7.00. The number of esters is 2. The number of ether oxygens (including phenoxy) is 3. The minimum atomic E-state index is -0.698. The van der Waals surface area contributed by atoms with Crippen molar-refractivity contribution in [1.29, 1.82) is 0 Å². The van der Waals surface area contributed by atoms with E-state index in [1.54, 1.807) is 35.7 Å². The molecule has 0 saturated carbocycles. The lowest BCUT2D eigenvalue weighted by Crippen LogP contribution is -2.36. The molecule has 2 fully saturated rings. The monoisotopic (exact) mass is 558 g/mol. The molecule has 40 heavy (non-hydrogen) atoms. The molecule has 0 N–H and O–H groups in total. The number of hydrogen-bond acceptors (Lipinski definition) is 12. The van der Waals surface area contributed by atoms with E-state index in [-0.39, 0.29) is 38.9 Å². The van der Waals surface area contributed by atoms with Gasteiger partial charge >= 0.3 is 18.0 Å². The Hall–Kier alpha value is -4.30. The van der Waals surface area contributed by atoms with Gasteiger partial charge in [-0.2, -0.15) is 5.11 Å². The lowest BCUT2D eigenvalue weighted by Gasteiger charge is -2.34. The predicted molar refractivity (Wildman–Crippen MR) is 137 cm³/mol. The highest BCUT2D eigenvalue weighted by molar-refractivity contribution is 5.90. The van der Waals surface area contributed by atoms with Gasteiger partial charge in [0.15, 0.2) is 11.7 Å². The summed E-state index contributed by atoms with van der Waals surface area (Å²) in [5.74, 6) is -1.37. The molecule has 4 heterocycles. The molecule has 3 aliphatic heterocycles. The molecule has 14 nitrogen and oxygen atoms in total. The van der Waals surface area contributed by atoms with Crippen molar-refractivity contribution in [3.05, 3.63) is 35.9 Å². The molecule has 1 unspecified atom stereocenters. The minimum Gasteiger partial charge on any atom is -0.464 e. The molecule has 2 aromatic rings. The number of rotatable bonds is 9. The highest BCUT2D eigenvalue weighted by Crippen LogP contribution is 2.32. The van der Waals surface area contributed by atoms with Gasteiger partial charge in [0.25, 0.3) is 0 Å². The van der Waals surface area contributed by atoms with Crippen LogP contribution < -0.4 is 9.80 Å². The van der Waals surface area contributed by atoms with Gasteiger partial charge in [0.2, 0.25) is 0 Å². The molecule has 0 spiro atoms. The number of piperidine rings is 1. The summed E-state index contributed by atoms with van der Waals surface area (Å²) in [7, 11) is 0. The van der Waals surface area contributed by atoms with Crippen molar-refractivity contribution in [2.75, 3.05) is 55.7 Å². The van der Waals surface area contributed by atoms with Gasteiger partial charge in [-0.15, -0.1) is 5.10 Å². The van der Waals surface area contributed by atoms with Gasteiger partial charge < -0.3 is 19.1 Å². The molecule has 1 aromatic heterocycles. The zero-order valence-electron chi connectivity index (χ0n) is 22.3. The Bertz CT molecular complexity index is 1280. The first-order chi connectivity index (χ1) is 19.4. The van der Waals surface area contributed by atoms with Crippen LogP contribution in [0, 0.1) is 5.82 Å². The Morgan fingerprint density at radius 3 is 2.62 bits per heavy atom. The zero-order valence-corrected chi connectivity index (χ0v) is 22.3. The number of benzene rings is 1. The van der Waals surface area contributed by atoms with E-state index in [1.807, 2.05) is 4.90 Å². The van der Waals surface area contributed by atoms with Gasteiger partial charge in [-0.3, -0.25) is 9.91 Å². The molecule has 15 heteroatoms. The fourth-order valence-electron chi connectivity index (χ4n) is 5.08. The number of anilines is 2. The van der Waals surface area contributed by atoms with Gasteiger partial charge in [0, 0.05) is 13.1 Å². The van der Waals surface area contributed by atoms with Crippen LogP contribution in [0.5, 0.6) is 0 Å². The van der Waals surface area contributed by atoms with Crippen molar-refractivity contribution in [2.45, 2.75) is 44.9 Å². The first kappa shape index (κ1) is 27.3. The van der Waals surface area contributed by atoms with Crippen LogP contribution in [0.1, 0.15) is 43.2 Å². The van der Waals surface area contributed by atoms with E-state index in [1.165, 1.54) is 17.2 Å². The Labute approximate surface area is 229 Å². The van der Waals surface area contributed by atoms with Crippen LogP contribution >= 0.6 is 0 Å². The van der Waals surface area contributed by atoms with Crippen LogP contribution in [0.4, 0.5) is 20.6 Å². The summed E-state index contributed by atoms with van der Waals surface area (Å²) in [5.41, 5.74) is 1.12. The van der Waals surface area contributed by atoms with Crippen LogP contribution in [-0.2, 0) is 19.0 Å². The van der Waals surface area contributed by atoms with Crippen molar-refractivity contribution in [2.24, 2.45) is 10.3 Å². The Morgan fingerprint density at radius 2 is 1.90 bits per heavy atom. The molecule has 0 radical (unpaired) electrons. The third kappa shape index (κ3) is 5.67. The van der Waals surface area contributed by atoms with Crippen LogP contribution in [-0.4, -0.2) is 96.1 Å². The summed E-state index contributed by atoms with van der Waals surface area (Å²) in [6.07, 6.45) is 1.57. The summed E-state index contributed by atoms with van der Waals surface area (Å²) in [6.45, 7) is 5.78. The second-order valence-corrected chi connectivity index (χ2v) is 9.60. The average Bonchev–Trinajstić information content (AvgIpc) is 3.69. The quantitative estimate of drug-likeness (QED) is 0.332. The van der Waals surface area contributed by atoms with Crippen molar-refractivity contribution in [3.8, 4) is 0 Å². The minimum absolute atomic E-state index is 0.0560. The van der Waals surface area contributed by atoms with E-state index in [2.05, 4.69) is 20.6 Å². The zero-order chi connectivity index (χ0) is 28.2. The highest BCUT2D eigenvalue weighted by Gasteiger charge is 2.36. The molecule has 3 aliphatic rings. The molecule has 214 valence electrons. The number of nitrogens with zero attached hydrogens (tertiary/aromatic N) is 8. The molecule has 0 aliphatic carbocycles. The Kier molecular flexibility index (Phi) is 8.07. The van der Waals surface area contributed by atoms with Crippen LogP contribution in [0.3, 0.4) is 0 Å². The maximum absolute atomic E-state index is 15.3. The number of hydrogen-bond donors (Lipinski definition) is 0. The third-order valence-corrected chi connectivity index (χ3v) is 7.00. The van der Waals surface area contributed by atoms with E-state index >= 15 is 4.39 Å². The summed E-state index contributed by atoms with van der Waals surface area (Å²) in [4.78, 5) is 39.9. The number of amides is 1. The van der Waals surface area contributed by atoms with Gasteiger partial charge in [-0.1, -0.05) is 10.4 Å². The van der Waals surface area contributed by atoms with Crippen LogP contribution in [0.2, 0.25) is 0 Å². The largest absolute Gasteiger partial charge is 0.464 e. The molecule has 1 aromatic carbocycles. The van der Waals surface area contributed by atoms with E-state index in [0.29, 0.717) is 43.0 Å². The number of halogens is 1. The smallest absolute Gasteiger partial charge is 0.414 e. The summed E-state index contributed by atoms with van der Waals surface area (Å²) in [5, 5.41) is 17.4.